The molecule has 1 aliphatic rings. The van der Waals surface area contributed by atoms with Gasteiger partial charge in [-0.05, 0) is 39.2 Å². The Kier molecular flexibility index (Phi) is 1.80. The Labute approximate surface area is 77.2 Å². The van der Waals surface area contributed by atoms with E-state index in [1.807, 2.05) is 11.3 Å². The van der Waals surface area contributed by atoms with Gasteiger partial charge in [0.1, 0.15) is 0 Å². The van der Waals surface area contributed by atoms with Gasteiger partial charge in [0.25, 0.3) is 0 Å². The maximum atomic E-state index is 4.54. The lowest BCUT2D eigenvalue weighted by atomic mass is 9.96. The summed E-state index contributed by atoms with van der Waals surface area (Å²) in [7, 11) is 0. The minimum absolute atomic E-state index is 1.20. The second-order valence-corrected chi connectivity index (χ2v) is 4.70. The second kappa shape index (κ2) is 2.70. The first kappa shape index (κ1) is 7.99. The largest absolute Gasteiger partial charge is 0.242 e. The third-order valence-corrected chi connectivity index (χ3v) is 3.56. The Balaban J connectivity index is 2.58. The highest BCUT2D eigenvalue weighted by molar-refractivity contribution is 7.11. The van der Waals surface area contributed by atoms with E-state index in [-0.39, 0.29) is 0 Å². The van der Waals surface area contributed by atoms with Crippen molar-refractivity contribution in [3.05, 3.63) is 21.2 Å². The zero-order valence-corrected chi connectivity index (χ0v) is 8.59. The van der Waals surface area contributed by atoms with Crippen LogP contribution in [0.1, 0.15) is 35.8 Å². The number of allylic oxidation sites excluding steroid dienone is 2. The average Bonchev–Trinajstić information content (AvgIpc) is 2.39. The molecule has 2 rings (SSSR count). The summed E-state index contributed by atoms with van der Waals surface area (Å²) in [6.07, 6.45) is 2.42. The van der Waals surface area contributed by atoms with Gasteiger partial charge in [-0.1, -0.05) is 5.57 Å². The lowest BCUT2D eigenvalue weighted by Gasteiger charge is -2.12. The van der Waals surface area contributed by atoms with Crippen LogP contribution >= 0.6 is 11.3 Å². The van der Waals surface area contributed by atoms with E-state index in [4.69, 9.17) is 0 Å². The van der Waals surface area contributed by atoms with E-state index in [0.29, 0.717) is 0 Å². The molecule has 1 heterocycles. The van der Waals surface area contributed by atoms with Gasteiger partial charge in [-0.25, -0.2) is 4.98 Å². The van der Waals surface area contributed by atoms with Crippen LogP contribution in [0.25, 0.3) is 5.57 Å². The minimum Gasteiger partial charge on any atom is -0.242 e. The van der Waals surface area contributed by atoms with Crippen molar-refractivity contribution in [2.24, 2.45) is 0 Å². The zero-order valence-electron chi connectivity index (χ0n) is 7.77. The fourth-order valence-corrected chi connectivity index (χ4v) is 2.62. The Morgan fingerprint density at radius 1 is 1.17 bits per heavy atom. The summed E-state index contributed by atoms with van der Waals surface area (Å²) in [4.78, 5) is 6.03. The highest BCUT2D eigenvalue weighted by Gasteiger charge is 2.16. The Bertz CT molecular complexity index is 347. The molecule has 0 fully saturated rings. The van der Waals surface area contributed by atoms with E-state index >= 15 is 0 Å². The molecule has 0 bridgehead atoms. The maximum absolute atomic E-state index is 4.54. The van der Waals surface area contributed by atoms with Gasteiger partial charge in [0.2, 0.25) is 0 Å². The van der Waals surface area contributed by atoms with Crippen molar-refractivity contribution in [2.45, 2.75) is 33.6 Å². The number of thiazole rings is 1. The first-order chi connectivity index (χ1) is 5.68. The Morgan fingerprint density at radius 2 is 1.92 bits per heavy atom. The van der Waals surface area contributed by atoms with E-state index in [1.54, 1.807) is 0 Å². The summed E-state index contributed by atoms with van der Waals surface area (Å²) in [5.74, 6) is 0. The van der Waals surface area contributed by atoms with Crippen LogP contribution < -0.4 is 0 Å². The van der Waals surface area contributed by atoms with Crippen LogP contribution in [0.15, 0.2) is 5.57 Å². The fourth-order valence-electron chi connectivity index (χ4n) is 1.62. The van der Waals surface area contributed by atoms with E-state index < -0.39 is 0 Å². The molecule has 0 aliphatic heterocycles. The van der Waals surface area contributed by atoms with Crippen molar-refractivity contribution in [3.8, 4) is 0 Å². The van der Waals surface area contributed by atoms with Crippen molar-refractivity contribution in [2.75, 3.05) is 0 Å². The Morgan fingerprint density at radius 3 is 2.67 bits per heavy atom. The third kappa shape index (κ3) is 1.11. The summed E-state index contributed by atoms with van der Waals surface area (Å²) in [6, 6.07) is 0. The fraction of sp³-hybridized carbons (Fsp3) is 0.500. The number of hydrogen-bond donors (Lipinski definition) is 0. The normalized spacial score (nSPS) is 16.6. The van der Waals surface area contributed by atoms with Crippen molar-refractivity contribution >= 4 is 16.9 Å². The van der Waals surface area contributed by atoms with Crippen LogP contribution in [0, 0.1) is 6.92 Å². The topological polar surface area (TPSA) is 12.9 Å². The summed E-state index contributed by atoms with van der Waals surface area (Å²) < 4.78 is 0. The third-order valence-electron chi connectivity index (χ3n) is 2.53. The molecule has 0 N–H and O–H groups in total. The summed E-state index contributed by atoms with van der Waals surface area (Å²) >= 11 is 1.85. The molecule has 0 aromatic carbocycles. The van der Waals surface area contributed by atoms with Crippen LogP contribution in [-0.4, -0.2) is 4.98 Å². The average molecular weight is 179 g/mol. The van der Waals surface area contributed by atoms with Gasteiger partial charge in [0, 0.05) is 4.88 Å². The van der Waals surface area contributed by atoms with Gasteiger partial charge in [0.05, 0.1) is 10.7 Å². The van der Waals surface area contributed by atoms with Crippen LogP contribution in [-0.2, 0) is 6.42 Å². The predicted octanol–water partition coefficient (Wildman–Crippen LogP) is 3.19. The number of aryl methyl sites for hydroxylation is 2. The number of rotatable bonds is 0. The quantitative estimate of drug-likeness (QED) is 0.596. The number of aromatic nitrogens is 1. The molecule has 2 heteroatoms. The molecule has 0 saturated carbocycles. The molecule has 12 heavy (non-hydrogen) atoms. The highest BCUT2D eigenvalue weighted by atomic mass is 32.1. The zero-order chi connectivity index (χ0) is 8.72. The molecule has 0 saturated heterocycles. The van der Waals surface area contributed by atoms with Gasteiger partial charge >= 0.3 is 0 Å². The minimum atomic E-state index is 1.20. The molecule has 0 amide bonds. The molecule has 0 radical (unpaired) electrons. The second-order valence-electron chi connectivity index (χ2n) is 3.41. The molecule has 0 atom stereocenters. The first-order valence-corrected chi connectivity index (χ1v) is 5.13. The van der Waals surface area contributed by atoms with Gasteiger partial charge in [-0.3, -0.25) is 0 Å². The van der Waals surface area contributed by atoms with Crippen LogP contribution in [0.5, 0.6) is 0 Å². The highest BCUT2D eigenvalue weighted by Crippen LogP contribution is 2.33. The molecule has 64 valence electrons. The molecule has 0 spiro atoms. The molecule has 0 unspecified atom stereocenters. The SMILES string of the molecule is CC1=C(C)c2nc(C)sc2CC1. The monoisotopic (exact) mass is 179 g/mol. The van der Waals surface area contributed by atoms with Crippen molar-refractivity contribution < 1.29 is 0 Å². The van der Waals surface area contributed by atoms with Gasteiger partial charge < -0.3 is 0 Å². The number of fused-ring (bicyclic) bond motifs is 1. The van der Waals surface area contributed by atoms with Crippen LogP contribution in [0.2, 0.25) is 0 Å². The molecule has 1 aromatic heterocycles. The molecule has 1 nitrogen and oxygen atoms in total. The van der Waals surface area contributed by atoms with Crippen molar-refractivity contribution in [1.82, 2.24) is 4.98 Å². The maximum Gasteiger partial charge on any atom is 0.0904 e. The smallest absolute Gasteiger partial charge is 0.0904 e. The van der Waals surface area contributed by atoms with Crippen LogP contribution in [0.4, 0.5) is 0 Å². The van der Waals surface area contributed by atoms with E-state index in [9.17, 15) is 0 Å². The van der Waals surface area contributed by atoms with Crippen LogP contribution in [0.3, 0.4) is 0 Å². The Hall–Kier alpha value is -0.630. The molecule has 1 aliphatic carbocycles. The molecular weight excluding hydrogens is 166 g/mol. The van der Waals surface area contributed by atoms with E-state index in [1.165, 1.54) is 39.6 Å². The lowest BCUT2D eigenvalue weighted by Crippen LogP contribution is -1.98. The van der Waals surface area contributed by atoms with Crippen molar-refractivity contribution in [3.63, 3.8) is 0 Å². The van der Waals surface area contributed by atoms with Crippen molar-refractivity contribution in [1.29, 1.82) is 0 Å². The van der Waals surface area contributed by atoms with Gasteiger partial charge in [-0.15, -0.1) is 11.3 Å². The molecule has 1 aromatic rings. The predicted molar refractivity (Wildman–Crippen MR) is 53.4 cm³/mol. The summed E-state index contributed by atoms with van der Waals surface area (Å²) in [5.41, 5.74) is 4.18. The summed E-state index contributed by atoms with van der Waals surface area (Å²) in [5, 5.41) is 1.20. The number of hydrogen-bond acceptors (Lipinski definition) is 2. The van der Waals surface area contributed by atoms with E-state index in [2.05, 4.69) is 25.8 Å². The van der Waals surface area contributed by atoms with Gasteiger partial charge in [-0.2, -0.15) is 0 Å². The van der Waals surface area contributed by atoms with E-state index in [0.717, 1.165) is 0 Å². The standard InChI is InChI=1S/C10H13NS/c1-6-4-5-9-10(7(6)2)11-8(3)12-9/h4-5H2,1-3H3. The molecular formula is C10H13NS. The first-order valence-electron chi connectivity index (χ1n) is 4.31. The number of nitrogens with zero attached hydrogens (tertiary/aromatic N) is 1. The lowest BCUT2D eigenvalue weighted by molar-refractivity contribution is 0.924. The van der Waals surface area contributed by atoms with Gasteiger partial charge in [0.15, 0.2) is 0 Å². The summed E-state index contributed by atoms with van der Waals surface area (Å²) in [6.45, 7) is 6.49.